The summed E-state index contributed by atoms with van der Waals surface area (Å²) < 4.78 is 1.01. The molecule has 0 aliphatic heterocycles. The molecule has 1 heterocycles. The number of thiazole rings is 1. The van der Waals surface area contributed by atoms with Crippen LogP contribution in [0.4, 0.5) is 5.69 Å². The molecule has 108 valence electrons. The Labute approximate surface area is 127 Å². The Morgan fingerprint density at radius 3 is 3.05 bits per heavy atom. The van der Waals surface area contributed by atoms with Gasteiger partial charge in [-0.05, 0) is 37.4 Å². The van der Waals surface area contributed by atoms with Gasteiger partial charge in [0.25, 0.3) is 0 Å². The number of hydrogen-bond acceptors (Lipinski definition) is 4. The number of fused-ring (bicyclic) bond motifs is 1. The first-order valence-corrected chi connectivity index (χ1v) is 7.89. The Morgan fingerprint density at radius 2 is 2.30 bits per heavy atom. The van der Waals surface area contributed by atoms with Crippen molar-refractivity contribution in [2.75, 3.05) is 11.9 Å². The molecule has 20 heavy (non-hydrogen) atoms. The van der Waals surface area contributed by atoms with Gasteiger partial charge in [-0.3, -0.25) is 4.79 Å². The maximum absolute atomic E-state index is 12.0. The molecule has 1 aromatic heterocycles. The molecule has 6 heteroatoms. The first kappa shape index (κ1) is 15.2. The van der Waals surface area contributed by atoms with E-state index in [1.54, 1.807) is 11.6 Å². The molecule has 1 unspecified atom stereocenters. The van der Waals surface area contributed by atoms with Gasteiger partial charge in [-0.25, -0.2) is 4.98 Å². The summed E-state index contributed by atoms with van der Waals surface area (Å²) in [4.78, 5) is 16.3. The number of nitrogens with two attached hydrogens (primary N) is 1. The van der Waals surface area contributed by atoms with E-state index in [4.69, 9.17) is 17.3 Å². The van der Waals surface area contributed by atoms with E-state index in [1.165, 1.54) is 11.3 Å². The van der Waals surface area contributed by atoms with E-state index < -0.39 is 0 Å². The van der Waals surface area contributed by atoms with Crippen LogP contribution in [0.3, 0.4) is 0 Å². The molecule has 0 spiro atoms. The molecule has 0 aliphatic carbocycles. The maximum atomic E-state index is 12.0. The number of nitrogens with zero attached hydrogens (tertiary/aromatic N) is 1. The first-order chi connectivity index (χ1) is 9.61. The second-order valence-electron chi connectivity index (χ2n) is 4.89. The second-order valence-corrected chi connectivity index (χ2v) is 6.18. The lowest BCUT2D eigenvalue weighted by atomic mass is 10.0. The van der Waals surface area contributed by atoms with E-state index in [-0.39, 0.29) is 5.91 Å². The van der Waals surface area contributed by atoms with Crippen molar-refractivity contribution >= 4 is 44.7 Å². The van der Waals surface area contributed by atoms with Gasteiger partial charge in [0.1, 0.15) is 5.52 Å². The predicted molar refractivity (Wildman–Crippen MR) is 85.3 cm³/mol. The van der Waals surface area contributed by atoms with Crippen molar-refractivity contribution in [2.24, 2.45) is 11.7 Å². The number of anilines is 1. The third kappa shape index (κ3) is 3.69. The molecule has 2 aromatic rings. The Balaban J connectivity index is 2.02. The van der Waals surface area contributed by atoms with Crippen LogP contribution in [0.25, 0.3) is 10.2 Å². The first-order valence-electron chi connectivity index (χ1n) is 6.63. The Kier molecular flexibility index (Phi) is 5.34. The van der Waals surface area contributed by atoms with E-state index in [1.807, 2.05) is 6.07 Å². The van der Waals surface area contributed by atoms with Crippen LogP contribution in [0.2, 0.25) is 5.02 Å². The van der Waals surface area contributed by atoms with Gasteiger partial charge >= 0.3 is 0 Å². The van der Waals surface area contributed by atoms with Gasteiger partial charge in [0.2, 0.25) is 5.91 Å². The number of rotatable bonds is 6. The largest absolute Gasteiger partial charge is 0.330 e. The molecule has 3 N–H and O–H groups in total. The normalized spacial score (nSPS) is 12.6. The number of halogens is 1. The molecule has 0 bridgehead atoms. The van der Waals surface area contributed by atoms with Crippen molar-refractivity contribution in [3.05, 3.63) is 22.7 Å². The highest BCUT2D eigenvalue weighted by atomic mass is 35.5. The maximum Gasteiger partial charge on any atom is 0.224 e. The molecule has 0 saturated carbocycles. The number of hydrogen-bond donors (Lipinski definition) is 2. The van der Waals surface area contributed by atoms with Gasteiger partial charge in [-0.15, -0.1) is 11.3 Å². The van der Waals surface area contributed by atoms with Gasteiger partial charge in [-0.2, -0.15) is 0 Å². The molecule has 1 amide bonds. The standard InChI is InChI=1S/C14H18ClN3OS/c1-9(6-7-16)2-5-12(19)18-13-10(15)3-4-11-14(13)17-8-20-11/h3-4,8-9H,2,5-7,16H2,1H3,(H,18,19). The fourth-order valence-corrected chi connectivity index (χ4v) is 2.92. The highest BCUT2D eigenvalue weighted by molar-refractivity contribution is 7.16. The third-order valence-electron chi connectivity index (χ3n) is 3.24. The van der Waals surface area contributed by atoms with E-state index in [9.17, 15) is 4.79 Å². The lowest BCUT2D eigenvalue weighted by molar-refractivity contribution is -0.116. The summed E-state index contributed by atoms with van der Waals surface area (Å²) in [5.41, 5.74) is 8.62. The minimum absolute atomic E-state index is 0.0312. The van der Waals surface area contributed by atoms with E-state index in [0.29, 0.717) is 29.6 Å². The Morgan fingerprint density at radius 1 is 1.50 bits per heavy atom. The zero-order valence-corrected chi connectivity index (χ0v) is 12.9. The number of amides is 1. The minimum atomic E-state index is -0.0312. The van der Waals surface area contributed by atoms with E-state index in [0.717, 1.165) is 23.1 Å². The number of nitrogens with one attached hydrogen (secondary N) is 1. The molecule has 4 nitrogen and oxygen atoms in total. The van der Waals surface area contributed by atoms with Crippen LogP contribution in [0.15, 0.2) is 17.6 Å². The lowest BCUT2D eigenvalue weighted by Crippen LogP contribution is -2.14. The van der Waals surface area contributed by atoms with Crippen LogP contribution in [0, 0.1) is 5.92 Å². The Bertz CT molecular complexity index is 599. The third-order valence-corrected chi connectivity index (χ3v) is 4.35. The summed E-state index contributed by atoms with van der Waals surface area (Å²) >= 11 is 7.68. The molecular weight excluding hydrogens is 294 g/mol. The highest BCUT2D eigenvalue weighted by Crippen LogP contribution is 2.32. The van der Waals surface area contributed by atoms with Crippen LogP contribution in [-0.4, -0.2) is 17.4 Å². The SMILES string of the molecule is CC(CCN)CCC(=O)Nc1c(Cl)ccc2scnc12. The van der Waals surface area contributed by atoms with E-state index >= 15 is 0 Å². The van der Waals surface area contributed by atoms with Gasteiger partial charge in [0.15, 0.2) is 0 Å². The fourth-order valence-electron chi connectivity index (χ4n) is 2.03. The molecular formula is C14H18ClN3OS. The zero-order valence-electron chi connectivity index (χ0n) is 11.4. The highest BCUT2D eigenvalue weighted by Gasteiger charge is 2.12. The van der Waals surface area contributed by atoms with Crippen molar-refractivity contribution in [3.63, 3.8) is 0 Å². The molecule has 0 aliphatic rings. The van der Waals surface area contributed by atoms with Crippen molar-refractivity contribution in [1.29, 1.82) is 0 Å². The number of carbonyl (C=O) groups excluding carboxylic acids is 1. The van der Waals surface area contributed by atoms with Crippen LogP contribution in [0.1, 0.15) is 26.2 Å². The van der Waals surface area contributed by atoms with Crippen molar-refractivity contribution in [3.8, 4) is 0 Å². The Hall–Kier alpha value is -1.17. The summed E-state index contributed by atoms with van der Waals surface area (Å²) in [6, 6.07) is 3.70. The molecule has 0 radical (unpaired) electrons. The van der Waals surface area contributed by atoms with Crippen LogP contribution >= 0.6 is 22.9 Å². The molecule has 2 rings (SSSR count). The van der Waals surface area contributed by atoms with Crippen LogP contribution in [0.5, 0.6) is 0 Å². The van der Waals surface area contributed by atoms with Gasteiger partial charge < -0.3 is 11.1 Å². The summed E-state index contributed by atoms with van der Waals surface area (Å²) in [7, 11) is 0. The zero-order chi connectivity index (χ0) is 14.5. The minimum Gasteiger partial charge on any atom is -0.330 e. The summed E-state index contributed by atoms with van der Waals surface area (Å²) in [5.74, 6) is 0.424. The second kappa shape index (κ2) is 7.02. The summed E-state index contributed by atoms with van der Waals surface area (Å²) in [6.07, 6.45) is 2.24. The van der Waals surface area contributed by atoms with Gasteiger partial charge in [0, 0.05) is 6.42 Å². The van der Waals surface area contributed by atoms with Gasteiger partial charge in [0.05, 0.1) is 20.9 Å². The molecule has 0 fully saturated rings. The number of benzene rings is 1. The van der Waals surface area contributed by atoms with Gasteiger partial charge in [-0.1, -0.05) is 18.5 Å². The van der Waals surface area contributed by atoms with Crippen molar-refractivity contribution in [1.82, 2.24) is 4.98 Å². The smallest absolute Gasteiger partial charge is 0.224 e. The average molecular weight is 312 g/mol. The van der Waals surface area contributed by atoms with E-state index in [2.05, 4.69) is 17.2 Å². The van der Waals surface area contributed by atoms with Crippen LogP contribution in [-0.2, 0) is 4.79 Å². The van der Waals surface area contributed by atoms with Crippen LogP contribution < -0.4 is 11.1 Å². The topological polar surface area (TPSA) is 68.0 Å². The quantitative estimate of drug-likeness (QED) is 0.855. The number of aromatic nitrogens is 1. The molecule has 1 aromatic carbocycles. The average Bonchev–Trinajstić information content (AvgIpc) is 2.89. The van der Waals surface area contributed by atoms with Crippen molar-refractivity contribution in [2.45, 2.75) is 26.2 Å². The molecule has 1 atom stereocenters. The monoisotopic (exact) mass is 311 g/mol. The fraction of sp³-hybridized carbons (Fsp3) is 0.429. The summed E-state index contributed by atoms with van der Waals surface area (Å²) in [5, 5.41) is 3.40. The summed E-state index contributed by atoms with van der Waals surface area (Å²) in [6.45, 7) is 2.76. The number of carbonyl (C=O) groups is 1. The van der Waals surface area contributed by atoms with Crippen molar-refractivity contribution < 1.29 is 4.79 Å². The molecule has 0 saturated heterocycles. The predicted octanol–water partition coefficient (Wildman–Crippen LogP) is 3.65. The lowest BCUT2D eigenvalue weighted by Gasteiger charge is -2.11.